The number of aryl methyl sites for hydroxylation is 1. The van der Waals surface area contributed by atoms with Crippen LogP contribution in [0.5, 0.6) is 11.5 Å². The van der Waals surface area contributed by atoms with Crippen LogP contribution in [-0.2, 0) is 13.3 Å². The van der Waals surface area contributed by atoms with Crippen LogP contribution in [0.4, 0.5) is 11.4 Å². The summed E-state index contributed by atoms with van der Waals surface area (Å²) in [5.41, 5.74) is 2.27. The second-order valence-corrected chi connectivity index (χ2v) is 8.11. The number of aromatic nitrogens is 2. The van der Waals surface area contributed by atoms with E-state index < -0.39 is 4.92 Å². The van der Waals surface area contributed by atoms with Crippen LogP contribution >= 0.6 is 11.6 Å². The highest BCUT2D eigenvalue weighted by Crippen LogP contribution is 2.28. The van der Waals surface area contributed by atoms with E-state index in [9.17, 15) is 14.9 Å². The number of nitro groups is 1. The molecule has 1 amide bonds. The molecule has 4 aromatic rings. The first-order valence-corrected chi connectivity index (χ1v) is 10.9. The van der Waals surface area contributed by atoms with Gasteiger partial charge >= 0.3 is 5.69 Å². The molecule has 0 unspecified atom stereocenters. The zero-order chi connectivity index (χ0) is 24.8. The molecule has 0 saturated heterocycles. The van der Waals surface area contributed by atoms with E-state index in [2.05, 4.69) is 10.4 Å². The summed E-state index contributed by atoms with van der Waals surface area (Å²) in [4.78, 5) is 23.5. The van der Waals surface area contributed by atoms with Crippen LogP contribution in [0, 0.1) is 17.0 Å². The minimum absolute atomic E-state index is 0.0732. The Labute approximate surface area is 206 Å². The molecule has 0 fully saturated rings. The third-order valence-electron chi connectivity index (χ3n) is 4.95. The molecule has 0 aliphatic heterocycles. The van der Waals surface area contributed by atoms with Gasteiger partial charge in [0.1, 0.15) is 12.4 Å². The summed E-state index contributed by atoms with van der Waals surface area (Å²) in [6.45, 7) is 1.99. The molecule has 0 bridgehead atoms. The fourth-order valence-electron chi connectivity index (χ4n) is 3.26. The van der Waals surface area contributed by atoms with Crippen molar-refractivity contribution in [2.45, 2.75) is 20.3 Å². The number of ether oxygens (including phenoxy) is 2. The van der Waals surface area contributed by atoms with Gasteiger partial charge in [0.05, 0.1) is 23.0 Å². The summed E-state index contributed by atoms with van der Waals surface area (Å²) in [5.74, 6) is 0.444. The van der Waals surface area contributed by atoms with Crippen molar-refractivity contribution in [2.24, 2.45) is 0 Å². The van der Waals surface area contributed by atoms with E-state index in [1.807, 2.05) is 0 Å². The van der Waals surface area contributed by atoms with Crippen molar-refractivity contribution in [1.29, 1.82) is 0 Å². The minimum atomic E-state index is -0.480. The third-order valence-corrected chi connectivity index (χ3v) is 5.18. The maximum atomic E-state index is 12.7. The fourth-order valence-corrected chi connectivity index (χ4v) is 3.44. The largest absolute Gasteiger partial charge is 0.482 e. The molecule has 0 radical (unpaired) electrons. The summed E-state index contributed by atoms with van der Waals surface area (Å²) in [5, 5.41) is 18.8. The topological polar surface area (TPSA) is 109 Å². The predicted molar refractivity (Wildman–Crippen MR) is 131 cm³/mol. The molecule has 1 aromatic heterocycles. The third kappa shape index (κ3) is 6.36. The molecular weight excluding hydrogens is 472 g/mol. The number of carbonyl (C=O) groups excluding carboxylic acids is 1. The Morgan fingerprint density at radius 3 is 2.74 bits per heavy atom. The number of benzene rings is 3. The molecular formula is C25H21ClN4O5. The van der Waals surface area contributed by atoms with Crippen LogP contribution in [0.2, 0.25) is 5.02 Å². The molecule has 35 heavy (non-hydrogen) atoms. The van der Waals surface area contributed by atoms with Gasteiger partial charge in [0.2, 0.25) is 0 Å². The molecule has 0 atom stereocenters. The lowest BCUT2D eigenvalue weighted by molar-refractivity contribution is -0.386. The molecule has 1 N–H and O–H groups in total. The Morgan fingerprint density at radius 1 is 1.11 bits per heavy atom. The van der Waals surface area contributed by atoms with Gasteiger partial charge in [-0.05, 0) is 54.4 Å². The standard InChI is InChI=1S/C25H21ClN4O5/c1-17-8-9-24(23(10-17)30(32)33)34-15-18-4-2-5-19(11-18)25(31)28-21-13-27-29(14-21)16-35-22-7-3-6-20(26)12-22/h2-14H,15-16H2,1H3,(H,28,31). The highest BCUT2D eigenvalue weighted by molar-refractivity contribution is 6.30. The van der Waals surface area contributed by atoms with Crippen molar-refractivity contribution in [3.63, 3.8) is 0 Å². The van der Waals surface area contributed by atoms with Crippen LogP contribution in [0.3, 0.4) is 0 Å². The van der Waals surface area contributed by atoms with E-state index in [1.54, 1.807) is 73.8 Å². The normalized spacial score (nSPS) is 10.6. The SMILES string of the molecule is Cc1ccc(OCc2cccc(C(=O)Nc3cnn(COc4cccc(Cl)c4)c3)c2)c([N+](=O)[O-])c1. The molecule has 0 aliphatic rings. The molecule has 1 heterocycles. The van der Waals surface area contributed by atoms with Gasteiger partial charge in [-0.1, -0.05) is 35.9 Å². The van der Waals surface area contributed by atoms with Gasteiger partial charge in [-0.3, -0.25) is 14.9 Å². The first kappa shape index (κ1) is 23.8. The number of rotatable bonds is 9. The van der Waals surface area contributed by atoms with Crippen molar-refractivity contribution < 1.29 is 19.2 Å². The first-order chi connectivity index (χ1) is 16.9. The maximum Gasteiger partial charge on any atom is 0.311 e. The van der Waals surface area contributed by atoms with E-state index >= 15 is 0 Å². The van der Waals surface area contributed by atoms with Gasteiger partial charge in [-0.15, -0.1) is 0 Å². The van der Waals surface area contributed by atoms with Gasteiger partial charge in [-0.2, -0.15) is 5.10 Å². The molecule has 4 rings (SSSR count). The minimum Gasteiger partial charge on any atom is -0.482 e. The molecule has 0 aliphatic carbocycles. The summed E-state index contributed by atoms with van der Waals surface area (Å²) >= 11 is 5.95. The van der Waals surface area contributed by atoms with Crippen molar-refractivity contribution in [3.05, 3.63) is 111 Å². The number of amides is 1. The monoisotopic (exact) mass is 492 g/mol. The first-order valence-electron chi connectivity index (χ1n) is 10.6. The zero-order valence-electron chi connectivity index (χ0n) is 18.7. The maximum absolute atomic E-state index is 12.7. The van der Waals surface area contributed by atoms with Crippen molar-refractivity contribution >= 4 is 28.9 Å². The predicted octanol–water partition coefficient (Wildman–Crippen LogP) is 5.62. The van der Waals surface area contributed by atoms with E-state index in [-0.39, 0.29) is 30.7 Å². The lowest BCUT2D eigenvalue weighted by Crippen LogP contribution is -2.12. The van der Waals surface area contributed by atoms with Crippen LogP contribution in [0.1, 0.15) is 21.5 Å². The number of hydrogen-bond donors (Lipinski definition) is 1. The lowest BCUT2D eigenvalue weighted by atomic mass is 10.1. The molecule has 3 aromatic carbocycles. The van der Waals surface area contributed by atoms with E-state index in [0.29, 0.717) is 27.6 Å². The fraction of sp³-hybridized carbons (Fsp3) is 0.120. The number of nitrogens with zero attached hydrogens (tertiary/aromatic N) is 3. The van der Waals surface area contributed by atoms with E-state index in [0.717, 1.165) is 5.56 Å². The Kier molecular flexibility index (Phi) is 7.27. The van der Waals surface area contributed by atoms with Crippen LogP contribution in [0.15, 0.2) is 79.1 Å². The number of carbonyl (C=O) groups is 1. The summed E-state index contributed by atoms with van der Waals surface area (Å²) in [6, 6.07) is 18.6. The number of halogens is 1. The average molecular weight is 493 g/mol. The van der Waals surface area contributed by atoms with Crippen molar-refractivity contribution in [3.8, 4) is 11.5 Å². The number of hydrogen-bond acceptors (Lipinski definition) is 6. The Bertz CT molecular complexity index is 1370. The van der Waals surface area contributed by atoms with Gasteiger partial charge < -0.3 is 14.8 Å². The van der Waals surface area contributed by atoms with E-state index in [4.69, 9.17) is 21.1 Å². The van der Waals surface area contributed by atoms with Crippen LogP contribution in [0.25, 0.3) is 0 Å². The molecule has 10 heteroatoms. The van der Waals surface area contributed by atoms with E-state index in [1.165, 1.54) is 16.9 Å². The Balaban J connectivity index is 1.36. The van der Waals surface area contributed by atoms with Gasteiger partial charge in [-0.25, -0.2) is 4.68 Å². The number of nitro benzene ring substituents is 1. The highest BCUT2D eigenvalue weighted by Gasteiger charge is 2.15. The van der Waals surface area contributed by atoms with Gasteiger partial charge in [0.15, 0.2) is 12.5 Å². The molecule has 9 nitrogen and oxygen atoms in total. The second kappa shape index (κ2) is 10.7. The van der Waals surface area contributed by atoms with Gasteiger partial charge in [0, 0.05) is 16.7 Å². The van der Waals surface area contributed by atoms with Crippen LogP contribution in [-0.4, -0.2) is 20.6 Å². The Morgan fingerprint density at radius 2 is 1.94 bits per heavy atom. The van der Waals surface area contributed by atoms with Crippen molar-refractivity contribution in [1.82, 2.24) is 9.78 Å². The second-order valence-electron chi connectivity index (χ2n) is 7.67. The molecule has 0 spiro atoms. The summed E-state index contributed by atoms with van der Waals surface area (Å²) in [6.07, 6.45) is 3.16. The van der Waals surface area contributed by atoms with Gasteiger partial charge in [0.25, 0.3) is 5.91 Å². The summed E-state index contributed by atoms with van der Waals surface area (Å²) < 4.78 is 12.8. The zero-order valence-corrected chi connectivity index (χ0v) is 19.4. The van der Waals surface area contributed by atoms with Crippen molar-refractivity contribution in [2.75, 3.05) is 5.32 Å². The molecule has 0 saturated carbocycles. The quantitative estimate of drug-likeness (QED) is 0.240. The number of anilines is 1. The Hall–Kier alpha value is -4.37. The average Bonchev–Trinajstić information content (AvgIpc) is 3.29. The smallest absolute Gasteiger partial charge is 0.311 e. The van der Waals surface area contributed by atoms with Crippen LogP contribution < -0.4 is 14.8 Å². The highest BCUT2D eigenvalue weighted by atomic mass is 35.5. The number of nitrogens with one attached hydrogen (secondary N) is 1. The molecule has 178 valence electrons. The summed E-state index contributed by atoms with van der Waals surface area (Å²) in [7, 11) is 0. The lowest BCUT2D eigenvalue weighted by Gasteiger charge is -2.09.